The maximum Gasteiger partial charge on any atom is 0.317 e. The molecule has 2 amide bonds. The third kappa shape index (κ3) is 2.22. The molecule has 17 heavy (non-hydrogen) atoms. The van der Waals surface area contributed by atoms with Gasteiger partial charge >= 0.3 is 6.03 Å². The molecule has 0 atom stereocenters. The molecular formula is C12H16N4O. The van der Waals surface area contributed by atoms with Crippen LogP contribution in [-0.2, 0) is 5.41 Å². The van der Waals surface area contributed by atoms with Crippen LogP contribution >= 0.6 is 0 Å². The van der Waals surface area contributed by atoms with E-state index in [2.05, 4.69) is 36.1 Å². The summed E-state index contributed by atoms with van der Waals surface area (Å²) in [7, 11) is 0. The molecule has 0 saturated carbocycles. The zero-order chi connectivity index (χ0) is 12.6. The Morgan fingerprint density at radius 2 is 2.18 bits per heavy atom. The Labute approximate surface area is 99.4 Å². The van der Waals surface area contributed by atoms with Crippen LogP contribution in [0.2, 0.25) is 0 Å². The lowest BCUT2D eigenvalue weighted by Gasteiger charge is -2.22. The predicted molar refractivity (Wildman–Crippen MR) is 68.0 cm³/mol. The van der Waals surface area contributed by atoms with Crippen LogP contribution in [0, 0.1) is 0 Å². The number of nitrogens with one attached hydrogen (secondary N) is 2. The van der Waals surface area contributed by atoms with E-state index in [-0.39, 0.29) is 5.41 Å². The number of nitrogens with zero attached hydrogens (tertiary/aromatic N) is 1. The van der Waals surface area contributed by atoms with Gasteiger partial charge in [-0.1, -0.05) is 20.8 Å². The normalized spacial score (nSPS) is 11.7. The van der Waals surface area contributed by atoms with Crippen LogP contribution in [0.4, 0.5) is 10.6 Å². The first-order chi connectivity index (χ1) is 7.88. The molecule has 2 rings (SSSR count). The van der Waals surface area contributed by atoms with Gasteiger partial charge in [-0.2, -0.15) is 0 Å². The van der Waals surface area contributed by atoms with Crippen molar-refractivity contribution in [2.45, 2.75) is 26.2 Å². The summed E-state index contributed by atoms with van der Waals surface area (Å²) in [6.07, 6.45) is 1.82. The van der Waals surface area contributed by atoms with Gasteiger partial charge in [-0.15, -0.1) is 0 Å². The van der Waals surface area contributed by atoms with E-state index in [0.29, 0.717) is 5.82 Å². The van der Waals surface area contributed by atoms with E-state index in [1.807, 2.05) is 18.3 Å². The summed E-state index contributed by atoms with van der Waals surface area (Å²) in [5.41, 5.74) is 6.74. The van der Waals surface area contributed by atoms with Gasteiger partial charge in [-0.05, 0) is 17.5 Å². The van der Waals surface area contributed by atoms with Gasteiger partial charge in [0.2, 0.25) is 0 Å². The first-order valence-corrected chi connectivity index (χ1v) is 5.43. The second-order valence-electron chi connectivity index (χ2n) is 5.04. The number of carbonyl (C=O) groups is 1. The van der Waals surface area contributed by atoms with Gasteiger partial charge in [0.15, 0.2) is 0 Å². The Kier molecular flexibility index (Phi) is 2.53. The molecular weight excluding hydrogens is 216 g/mol. The molecule has 5 nitrogen and oxygen atoms in total. The van der Waals surface area contributed by atoms with Gasteiger partial charge in [-0.3, -0.25) is 5.32 Å². The number of urea groups is 1. The fraction of sp³-hybridized carbons (Fsp3) is 0.333. The summed E-state index contributed by atoms with van der Waals surface area (Å²) >= 11 is 0. The van der Waals surface area contributed by atoms with Crippen molar-refractivity contribution in [2.24, 2.45) is 5.73 Å². The standard InChI is InChI=1S/C12H16N4O/c1-12(2,3)8-6-7-4-5-14-9(7)15-10(8)16-11(13)17/h4-6H,1-3H3,(H4,13,14,15,16,17). The minimum atomic E-state index is -0.603. The average molecular weight is 232 g/mol. The number of hydrogen-bond donors (Lipinski definition) is 3. The Morgan fingerprint density at radius 1 is 1.47 bits per heavy atom. The van der Waals surface area contributed by atoms with E-state index in [4.69, 9.17) is 5.73 Å². The van der Waals surface area contributed by atoms with Crippen molar-refractivity contribution < 1.29 is 4.79 Å². The van der Waals surface area contributed by atoms with Crippen LogP contribution < -0.4 is 11.1 Å². The molecule has 2 aromatic heterocycles. The van der Waals surface area contributed by atoms with Gasteiger partial charge < -0.3 is 10.7 Å². The summed E-state index contributed by atoms with van der Waals surface area (Å²) in [6.45, 7) is 6.19. The zero-order valence-corrected chi connectivity index (χ0v) is 10.2. The van der Waals surface area contributed by atoms with Crippen LogP contribution in [0.1, 0.15) is 26.3 Å². The Morgan fingerprint density at radius 3 is 2.76 bits per heavy atom. The molecule has 0 saturated heterocycles. The molecule has 90 valence electrons. The highest BCUT2D eigenvalue weighted by Crippen LogP contribution is 2.30. The fourth-order valence-electron chi connectivity index (χ4n) is 1.77. The molecule has 2 aromatic rings. The SMILES string of the molecule is CC(C)(C)c1cc2cc[nH]c2nc1NC(N)=O. The Balaban J connectivity index is 2.63. The molecule has 0 spiro atoms. The van der Waals surface area contributed by atoms with Crippen molar-refractivity contribution in [3.8, 4) is 0 Å². The molecule has 0 bridgehead atoms. The van der Waals surface area contributed by atoms with Crippen molar-refractivity contribution in [3.63, 3.8) is 0 Å². The molecule has 0 aliphatic rings. The average Bonchev–Trinajstić information content (AvgIpc) is 2.60. The van der Waals surface area contributed by atoms with E-state index in [0.717, 1.165) is 16.6 Å². The van der Waals surface area contributed by atoms with Gasteiger partial charge in [0.05, 0.1) is 0 Å². The van der Waals surface area contributed by atoms with Crippen molar-refractivity contribution in [3.05, 3.63) is 23.9 Å². The van der Waals surface area contributed by atoms with Crippen molar-refractivity contribution >= 4 is 22.9 Å². The minimum absolute atomic E-state index is 0.115. The van der Waals surface area contributed by atoms with E-state index < -0.39 is 6.03 Å². The van der Waals surface area contributed by atoms with Gasteiger partial charge in [0, 0.05) is 17.1 Å². The van der Waals surface area contributed by atoms with Gasteiger partial charge in [0.1, 0.15) is 11.5 Å². The third-order valence-corrected chi connectivity index (χ3v) is 2.58. The van der Waals surface area contributed by atoms with Gasteiger partial charge in [0.25, 0.3) is 0 Å². The van der Waals surface area contributed by atoms with E-state index in [1.54, 1.807) is 0 Å². The second-order valence-corrected chi connectivity index (χ2v) is 5.04. The summed E-state index contributed by atoms with van der Waals surface area (Å²) in [4.78, 5) is 18.4. The van der Waals surface area contributed by atoms with Crippen LogP contribution in [0.25, 0.3) is 11.0 Å². The maximum atomic E-state index is 11.0. The first kappa shape index (κ1) is 11.4. The number of aromatic nitrogens is 2. The first-order valence-electron chi connectivity index (χ1n) is 5.43. The third-order valence-electron chi connectivity index (χ3n) is 2.58. The molecule has 0 aromatic carbocycles. The van der Waals surface area contributed by atoms with Crippen molar-refractivity contribution in [1.29, 1.82) is 0 Å². The highest BCUT2D eigenvalue weighted by Gasteiger charge is 2.21. The number of anilines is 1. The largest absolute Gasteiger partial charge is 0.351 e. The monoisotopic (exact) mass is 232 g/mol. The summed E-state index contributed by atoms with van der Waals surface area (Å²) in [5, 5.41) is 3.59. The smallest absolute Gasteiger partial charge is 0.317 e. The van der Waals surface area contributed by atoms with Crippen molar-refractivity contribution in [1.82, 2.24) is 9.97 Å². The lowest BCUT2D eigenvalue weighted by Crippen LogP contribution is -2.24. The van der Waals surface area contributed by atoms with Crippen LogP contribution in [0.3, 0.4) is 0 Å². The number of carbonyl (C=O) groups excluding carboxylic acids is 1. The molecule has 2 heterocycles. The lowest BCUT2D eigenvalue weighted by atomic mass is 9.87. The topological polar surface area (TPSA) is 83.8 Å². The molecule has 4 N–H and O–H groups in total. The van der Waals surface area contributed by atoms with Crippen LogP contribution in [0.15, 0.2) is 18.3 Å². The highest BCUT2D eigenvalue weighted by molar-refractivity contribution is 5.90. The van der Waals surface area contributed by atoms with Crippen LogP contribution in [-0.4, -0.2) is 16.0 Å². The number of fused-ring (bicyclic) bond motifs is 1. The minimum Gasteiger partial charge on any atom is -0.351 e. The second kappa shape index (κ2) is 3.76. The number of primary amides is 1. The Bertz CT molecular complexity index is 565. The number of aromatic amines is 1. The number of pyridine rings is 1. The lowest BCUT2D eigenvalue weighted by molar-refractivity contribution is 0.259. The number of nitrogens with two attached hydrogens (primary N) is 1. The van der Waals surface area contributed by atoms with E-state index in [1.165, 1.54) is 0 Å². The van der Waals surface area contributed by atoms with Crippen LogP contribution in [0.5, 0.6) is 0 Å². The number of amides is 2. The molecule has 0 aliphatic carbocycles. The number of H-pyrrole nitrogens is 1. The van der Waals surface area contributed by atoms with Crippen molar-refractivity contribution in [2.75, 3.05) is 5.32 Å². The summed E-state index contributed by atoms with van der Waals surface area (Å²) in [6, 6.07) is 3.37. The van der Waals surface area contributed by atoms with E-state index >= 15 is 0 Å². The highest BCUT2D eigenvalue weighted by atomic mass is 16.2. The summed E-state index contributed by atoms with van der Waals surface area (Å²) < 4.78 is 0. The zero-order valence-electron chi connectivity index (χ0n) is 10.2. The quantitative estimate of drug-likeness (QED) is 0.705. The number of rotatable bonds is 1. The fourth-order valence-corrected chi connectivity index (χ4v) is 1.77. The molecule has 0 radical (unpaired) electrons. The number of hydrogen-bond acceptors (Lipinski definition) is 2. The molecule has 5 heteroatoms. The molecule has 0 unspecified atom stereocenters. The van der Waals surface area contributed by atoms with Gasteiger partial charge in [-0.25, -0.2) is 9.78 Å². The van der Waals surface area contributed by atoms with E-state index in [9.17, 15) is 4.79 Å². The molecule has 0 aliphatic heterocycles. The maximum absolute atomic E-state index is 11.0. The Hall–Kier alpha value is -2.04. The summed E-state index contributed by atoms with van der Waals surface area (Å²) in [5.74, 6) is 0.514. The predicted octanol–water partition coefficient (Wildman–Crippen LogP) is 2.35. The molecule has 0 fully saturated rings.